The summed E-state index contributed by atoms with van der Waals surface area (Å²) in [5.74, 6) is -0.156. The van der Waals surface area contributed by atoms with E-state index < -0.39 is 0 Å². The van der Waals surface area contributed by atoms with Crippen LogP contribution in [0.1, 0.15) is 44.1 Å². The molecule has 0 saturated heterocycles. The molecule has 0 atom stereocenters. The molecule has 1 fully saturated rings. The van der Waals surface area contributed by atoms with Gasteiger partial charge in [-0.3, -0.25) is 14.4 Å². The molecule has 6 nitrogen and oxygen atoms in total. The summed E-state index contributed by atoms with van der Waals surface area (Å²) in [5, 5.41) is 4.95. The maximum atomic E-state index is 12.3. The summed E-state index contributed by atoms with van der Waals surface area (Å²) in [6.45, 7) is 1.21. The molecule has 1 aromatic carbocycles. The molecule has 3 amide bonds. The third-order valence-corrected chi connectivity index (χ3v) is 4.84. The van der Waals surface area contributed by atoms with Crippen LogP contribution in [0, 0.1) is 0 Å². The zero-order valence-electron chi connectivity index (χ0n) is 15.0. The summed E-state index contributed by atoms with van der Waals surface area (Å²) in [6, 6.07) is 10.7. The van der Waals surface area contributed by atoms with Crippen LogP contribution in [-0.2, 0) is 14.4 Å². The van der Waals surface area contributed by atoms with Gasteiger partial charge in [0, 0.05) is 20.0 Å². The number of hydrogen-bond acceptors (Lipinski definition) is 3. The van der Waals surface area contributed by atoms with Crippen molar-refractivity contribution in [2.24, 2.45) is 0 Å². The summed E-state index contributed by atoms with van der Waals surface area (Å²) in [6.07, 6.45) is 4.09. The fraction of sp³-hybridized carbons (Fsp3) is 0.526. The highest BCUT2D eigenvalue weighted by Gasteiger charge is 2.27. The zero-order chi connectivity index (χ0) is 18.2. The fourth-order valence-corrected chi connectivity index (χ4v) is 3.29. The van der Waals surface area contributed by atoms with Crippen molar-refractivity contribution in [2.45, 2.75) is 44.6 Å². The third-order valence-electron chi connectivity index (χ3n) is 4.84. The first-order chi connectivity index (χ1) is 12.0. The van der Waals surface area contributed by atoms with Crippen LogP contribution in [0.2, 0.25) is 0 Å². The molecule has 1 aliphatic carbocycles. The molecule has 0 unspecified atom stereocenters. The number of hydrogen-bond donors (Lipinski definition) is 2. The molecule has 136 valence electrons. The average Bonchev–Trinajstić information content (AvgIpc) is 2.64. The van der Waals surface area contributed by atoms with Gasteiger partial charge >= 0.3 is 0 Å². The van der Waals surface area contributed by atoms with Gasteiger partial charge in [0.2, 0.25) is 17.7 Å². The third kappa shape index (κ3) is 5.89. The Labute approximate surface area is 149 Å². The van der Waals surface area contributed by atoms with Crippen molar-refractivity contribution in [3.05, 3.63) is 35.9 Å². The molecule has 0 bridgehead atoms. The molecule has 0 aromatic heterocycles. The molecular weight excluding hydrogens is 318 g/mol. The van der Waals surface area contributed by atoms with Gasteiger partial charge in [-0.1, -0.05) is 30.3 Å². The number of rotatable bonds is 6. The fourth-order valence-electron chi connectivity index (χ4n) is 3.29. The molecule has 6 heteroatoms. The van der Waals surface area contributed by atoms with Gasteiger partial charge in [-0.15, -0.1) is 0 Å². The molecule has 0 aliphatic heterocycles. The van der Waals surface area contributed by atoms with E-state index in [1.165, 1.54) is 12.5 Å². The highest BCUT2D eigenvalue weighted by atomic mass is 16.2. The van der Waals surface area contributed by atoms with Crippen LogP contribution >= 0.6 is 0 Å². The van der Waals surface area contributed by atoms with Crippen molar-refractivity contribution in [1.82, 2.24) is 15.5 Å². The topological polar surface area (TPSA) is 78.5 Å². The Morgan fingerprint density at radius 3 is 2.24 bits per heavy atom. The van der Waals surface area contributed by atoms with E-state index in [4.69, 9.17) is 0 Å². The molecule has 1 saturated carbocycles. The van der Waals surface area contributed by atoms with Crippen LogP contribution in [0.4, 0.5) is 0 Å². The first-order valence-electron chi connectivity index (χ1n) is 8.79. The van der Waals surface area contributed by atoms with Crippen molar-refractivity contribution in [3.8, 4) is 0 Å². The predicted molar refractivity (Wildman–Crippen MR) is 95.9 cm³/mol. The maximum absolute atomic E-state index is 12.3. The Morgan fingerprint density at radius 2 is 1.64 bits per heavy atom. The molecule has 2 rings (SSSR count). The highest BCUT2D eigenvalue weighted by Crippen LogP contribution is 2.34. The molecular formula is C19H27N3O3. The Kier molecular flexibility index (Phi) is 6.98. The average molecular weight is 345 g/mol. The number of carbonyl (C=O) groups excluding carboxylic acids is 3. The van der Waals surface area contributed by atoms with Crippen LogP contribution in [0.3, 0.4) is 0 Å². The second-order valence-corrected chi connectivity index (χ2v) is 6.61. The number of carbonyl (C=O) groups is 3. The van der Waals surface area contributed by atoms with Crippen molar-refractivity contribution in [1.29, 1.82) is 0 Å². The Hall–Kier alpha value is -2.37. The Bertz CT molecular complexity index is 595. The van der Waals surface area contributed by atoms with Crippen LogP contribution in [0.5, 0.6) is 0 Å². The van der Waals surface area contributed by atoms with Crippen LogP contribution in [0.15, 0.2) is 30.3 Å². The van der Waals surface area contributed by atoms with Crippen LogP contribution < -0.4 is 10.6 Å². The van der Waals surface area contributed by atoms with Crippen LogP contribution in [-0.4, -0.2) is 48.8 Å². The second kappa shape index (κ2) is 9.20. The van der Waals surface area contributed by atoms with Gasteiger partial charge in [0.1, 0.15) is 0 Å². The number of amides is 3. The Morgan fingerprint density at radius 1 is 1.00 bits per heavy atom. The second-order valence-electron chi connectivity index (χ2n) is 6.61. The van der Waals surface area contributed by atoms with Crippen molar-refractivity contribution < 1.29 is 14.4 Å². The zero-order valence-corrected chi connectivity index (χ0v) is 15.0. The minimum absolute atomic E-state index is 0.0342. The summed E-state index contributed by atoms with van der Waals surface area (Å²) in [5.41, 5.74) is 1.38. The van der Waals surface area contributed by atoms with E-state index in [2.05, 4.69) is 34.9 Å². The van der Waals surface area contributed by atoms with Gasteiger partial charge in [-0.05, 0) is 37.2 Å². The first-order valence-corrected chi connectivity index (χ1v) is 8.79. The summed E-state index contributed by atoms with van der Waals surface area (Å²) in [4.78, 5) is 36.3. The molecule has 0 heterocycles. The minimum atomic E-state index is -0.357. The molecule has 1 aromatic rings. The lowest BCUT2D eigenvalue weighted by Gasteiger charge is -2.35. The molecule has 0 radical (unpaired) electrons. The highest BCUT2D eigenvalue weighted by molar-refractivity contribution is 5.87. The summed E-state index contributed by atoms with van der Waals surface area (Å²) < 4.78 is 0. The normalized spacial score (nSPS) is 19.8. The largest absolute Gasteiger partial charge is 0.347 e. The van der Waals surface area contributed by atoms with Gasteiger partial charge in [0.05, 0.1) is 13.1 Å². The monoisotopic (exact) mass is 345 g/mol. The van der Waals surface area contributed by atoms with Gasteiger partial charge in [0.15, 0.2) is 0 Å². The Balaban J connectivity index is 1.74. The van der Waals surface area contributed by atoms with Gasteiger partial charge < -0.3 is 15.5 Å². The van der Waals surface area contributed by atoms with Gasteiger partial charge in [-0.25, -0.2) is 0 Å². The predicted octanol–water partition coefficient (Wildman–Crippen LogP) is 1.42. The van der Waals surface area contributed by atoms with E-state index in [0.29, 0.717) is 5.92 Å². The van der Waals surface area contributed by atoms with Gasteiger partial charge in [-0.2, -0.15) is 0 Å². The summed E-state index contributed by atoms with van der Waals surface area (Å²) >= 11 is 0. The van der Waals surface area contributed by atoms with E-state index in [1.807, 2.05) is 6.07 Å². The maximum Gasteiger partial charge on any atom is 0.241 e. The molecule has 0 spiro atoms. The number of likely N-dealkylation sites (N-methyl/N-ethyl adjacent to an activating group) is 1. The smallest absolute Gasteiger partial charge is 0.241 e. The lowest BCUT2D eigenvalue weighted by Crippen LogP contribution is -2.46. The van der Waals surface area contributed by atoms with Gasteiger partial charge in [0.25, 0.3) is 0 Å². The van der Waals surface area contributed by atoms with E-state index in [0.717, 1.165) is 25.7 Å². The first kappa shape index (κ1) is 19.0. The number of nitrogens with one attached hydrogen (secondary N) is 2. The van der Waals surface area contributed by atoms with E-state index >= 15 is 0 Å². The summed E-state index contributed by atoms with van der Waals surface area (Å²) in [7, 11) is 1.80. The number of benzene rings is 1. The molecule has 25 heavy (non-hydrogen) atoms. The van der Waals surface area contributed by atoms with Crippen LogP contribution in [0.25, 0.3) is 0 Å². The number of nitrogens with zero attached hydrogens (tertiary/aromatic N) is 1. The molecule has 2 N–H and O–H groups in total. The van der Waals surface area contributed by atoms with E-state index in [1.54, 1.807) is 11.9 Å². The lowest BCUT2D eigenvalue weighted by atomic mass is 9.81. The standard InChI is InChI=1S/C19H27N3O3/c1-14(23)20-12-18(24)21-13-19(25)22(2)17-10-8-16(9-11-17)15-6-4-3-5-7-15/h3-7,16-17H,8-13H2,1-2H3,(H,20,23)(H,21,24). The van der Waals surface area contributed by atoms with Crippen molar-refractivity contribution >= 4 is 17.7 Å². The SMILES string of the molecule is CC(=O)NCC(=O)NCC(=O)N(C)C1CCC(c2ccccc2)CC1. The quantitative estimate of drug-likeness (QED) is 0.818. The molecule has 1 aliphatic rings. The van der Waals surface area contributed by atoms with E-state index in [-0.39, 0.29) is 36.9 Å². The van der Waals surface area contributed by atoms with Crippen molar-refractivity contribution in [2.75, 3.05) is 20.1 Å². The van der Waals surface area contributed by atoms with E-state index in [9.17, 15) is 14.4 Å². The minimum Gasteiger partial charge on any atom is -0.347 e. The lowest BCUT2D eigenvalue weighted by molar-refractivity contribution is -0.134. The van der Waals surface area contributed by atoms with Crippen molar-refractivity contribution in [3.63, 3.8) is 0 Å².